The first-order valence-corrected chi connectivity index (χ1v) is 5.08. The predicted molar refractivity (Wildman–Crippen MR) is 53.8 cm³/mol. The number of hydrogen-bond donors (Lipinski definition) is 2. The third kappa shape index (κ3) is 2.09. The monoisotopic (exact) mass is 207 g/mol. The van der Waals surface area contributed by atoms with Gasteiger partial charge in [0.2, 0.25) is 0 Å². The van der Waals surface area contributed by atoms with E-state index in [9.17, 15) is 9.59 Å². The molecule has 1 aromatic heterocycles. The first-order valence-electron chi connectivity index (χ1n) is 5.08. The second-order valence-corrected chi connectivity index (χ2v) is 4.00. The summed E-state index contributed by atoms with van der Waals surface area (Å²) in [6.45, 7) is 0. The summed E-state index contributed by atoms with van der Waals surface area (Å²) in [5, 5.41) is 8.57. The zero-order valence-corrected chi connectivity index (χ0v) is 8.32. The molecule has 1 aromatic rings. The Balaban J connectivity index is 2.03. The molecule has 1 atom stereocenters. The van der Waals surface area contributed by atoms with E-state index >= 15 is 0 Å². The molecule has 0 amide bonds. The van der Waals surface area contributed by atoms with Gasteiger partial charge in [-0.15, -0.1) is 0 Å². The minimum Gasteiger partial charge on any atom is -0.481 e. The first kappa shape index (κ1) is 9.96. The number of carbonyl (C=O) groups excluding carboxylic acids is 1. The second kappa shape index (κ2) is 3.88. The van der Waals surface area contributed by atoms with Crippen molar-refractivity contribution in [3.05, 3.63) is 23.5 Å². The molecular weight excluding hydrogens is 194 g/mol. The maximum atomic E-state index is 11.6. The van der Waals surface area contributed by atoms with Crippen LogP contribution in [0.1, 0.15) is 35.3 Å². The molecule has 0 radical (unpaired) electrons. The average Bonchev–Trinajstić information content (AvgIpc) is 2.63. The highest BCUT2D eigenvalue weighted by molar-refractivity contribution is 5.98. The Labute approximate surface area is 87.3 Å². The van der Waals surface area contributed by atoms with Crippen molar-refractivity contribution in [3.8, 4) is 0 Å². The van der Waals surface area contributed by atoms with Gasteiger partial charge in [-0.25, -0.2) is 0 Å². The lowest BCUT2D eigenvalue weighted by atomic mass is 9.84. The van der Waals surface area contributed by atoms with Gasteiger partial charge in [-0.3, -0.25) is 9.59 Å². The molecule has 0 spiro atoms. The van der Waals surface area contributed by atoms with E-state index in [1.54, 1.807) is 12.3 Å². The Bertz CT molecular complexity index is 394. The molecule has 4 heteroatoms. The van der Waals surface area contributed by atoms with Crippen LogP contribution in [-0.2, 0) is 11.2 Å². The van der Waals surface area contributed by atoms with Crippen molar-refractivity contribution in [2.75, 3.05) is 0 Å². The molecule has 15 heavy (non-hydrogen) atoms. The second-order valence-electron chi connectivity index (χ2n) is 4.00. The minimum atomic E-state index is -0.792. The van der Waals surface area contributed by atoms with E-state index in [4.69, 9.17) is 5.11 Å². The number of carbonyl (C=O) groups is 2. The molecule has 1 heterocycles. The molecule has 2 rings (SSSR count). The molecular formula is C11H13NO3. The smallest absolute Gasteiger partial charge is 0.303 e. The number of aliphatic carboxylic acids is 1. The van der Waals surface area contributed by atoms with Crippen LogP contribution < -0.4 is 0 Å². The molecule has 0 fully saturated rings. The predicted octanol–water partition coefficient (Wildman–Crippen LogP) is 1.62. The zero-order chi connectivity index (χ0) is 10.8. The highest BCUT2D eigenvalue weighted by Gasteiger charge is 2.25. The van der Waals surface area contributed by atoms with Crippen LogP contribution in [0.2, 0.25) is 0 Å². The molecule has 1 unspecified atom stereocenters. The van der Waals surface area contributed by atoms with E-state index in [2.05, 4.69) is 4.98 Å². The Kier molecular flexibility index (Phi) is 2.58. The number of hydrogen-bond acceptors (Lipinski definition) is 2. The fraction of sp³-hybridized carbons (Fsp3) is 0.455. The van der Waals surface area contributed by atoms with Crippen molar-refractivity contribution in [1.82, 2.24) is 4.98 Å². The van der Waals surface area contributed by atoms with E-state index in [0.717, 1.165) is 17.7 Å². The molecule has 1 aliphatic carbocycles. The largest absolute Gasteiger partial charge is 0.481 e. The Hall–Kier alpha value is -1.58. The summed E-state index contributed by atoms with van der Waals surface area (Å²) in [5.41, 5.74) is 1.74. The summed E-state index contributed by atoms with van der Waals surface area (Å²) >= 11 is 0. The summed E-state index contributed by atoms with van der Waals surface area (Å²) in [5.74, 6) is -0.479. The number of fused-ring (bicyclic) bond motifs is 1. The third-order valence-corrected chi connectivity index (χ3v) is 2.87. The van der Waals surface area contributed by atoms with Crippen LogP contribution in [0, 0.1) is 5.92 Å². The maximum absolute atomic E-state index is 11.6. The van der Waals surface area contributed by atoms with Crippen LogP contribution in [-0.4, -0.2) is 21.8 Å². The van der Waals surface area contributed by atoms with Gasteiger partial charge in [0.05, 0.1) is 0 Å². The molecule has 4 nitrogen and oxygen atoms in total. The van der Waals surface area contributed by atoms with E-state index in [0.29, 0.717) is 12.8 Å². The van der Waals surface area contributed by atoms with E-state index in [1.165, 1.54) is 0 Å². The van der Waals surface area contributed by atoms with Gasteiger partial charge in [0.25, 0.3) is 0 Å². The van der Waals surface area contributed by atoms with Gasteiger partial charge >= 0.3 is 5.97 Å². The van der Waals surface area contributed by atoms with E-state index in [1.807, 2.05) is 0 Å². The van der Waals surface area contributed by atoms with Crippen molar-refractivity contribution >= 4 is 11.8 Å². The van der Waals surface area contributed by atoms with Crippen molar-refractivity contribution in [2.24, 2.45) is 5.92 Å². The van der Waals surface area contributed by atoms with Crippen molar-refractivity contribution in [2.45, 2.75) is 25.7 Å². The first-order chi connectivity index (χ1) is 7.16. The van der Waals surface area contributed by atoms with Crippen LogP contribution >= 0.6 is 0 Å². The van der Waals surface area contributed by atoms with E-state index in [-0.39, 0.29) is 18.1 Å². The van der Waals surface area contributed by atoms with Gasteiger partial charge in [0.1, 0.15) is 0 Å². The van der Waals surface area contributed by atoms with E-state index < -0.39 is 5.97 Å². The summed E-state index contributed by atoms with van der Waals surface area (Å²) in [7, 11) is 0. The Morgan fingerprint density at radius 3 is 3.07 bits per heavy atom. The fourth-order valence-electron chi connectivity index (χ4n) is 2.10. The SMILES string of the molecule is O=C(O)CCC1CC(=O)c2cc[nH]c2C1. The molecule has 0 aromatic carbocycles. The van der Waals surface area contributed by atoms with Gasteiger partial charge in [0.15, 0.2) is 5.78 Å². The number of aromatic nitrogens is 1. The maximum Gasteiger partial charge on any atom is 0.303 e. The van der Waals surface area contributed by atoms with Gasteiger partial charge < -0.3 is 10.1 Å². The Morgan fingerprint density at radius 2 is 2.33 bits per heavy atom. The molecule has 0 saturated carbocycles. The Morgan fingerprint density at radius 1 is 1.53 bits per heavy atom. The number of carboxylic acids is 1. The standard InChI is InChI=1S/C11H13NO3/c13-10-6-7(1-2-11(14)15)5-9-8(10)3-4-12-9/h3-4,7,12H,1-2,5-6H2,(H,14,15). The summed E-state index contributed by atoms with van der Waals surface area (Å²) in [6.07, 6.45) is 3.77. The molecule has 0 saturated heterocycles. The quantitative estimate of drug-likeness (QED) is 0.791. The summed E-state index contributed by atoms with van der Waals surface area (Å²) in [6, 6.07) is 1.80. The number of aromatic amines is 1. The minimum absolute atomic E-state index is 0.132. The van der Waals surface area contributed by atoms with Crippen LogP contribution in [0.5, 0.6) is 0 Å². The van der Waals surface area contributed by atoms with Crippen LogP contribution in [0.25, 0.3) is 0 Å². The molecule has 80 valence electrons. The van der Waals surface area contributed by atoms with Crippen molar-refractivity contribution in [1.29, 1.82) is 0 Å². The highest BCUT2D eigenvalue weighted by Crippen LogP contribution is 2.27. The number of Topliss-reactive ketones (excluding diaryl/α,β-unsaturated/α-hetero) is 1. The fourth-order valence-corrected chi connectivity index (χ4v) is 2.10. The molecule has 0 bridgehead atoms. The van der Waals surface area contributed by atoms with Crippen LogP contribution in [0.15, 0.2) is 12.3 Å². The van der Waals surface area contributed by atoms with Crippen LogP contribution in [0.4, 0.5) is 0 Å². The molecule has 2 N–H and O–H groups in total. The number of rotatable bonds is 3. The van der Waals surface area contributed by atoms with Crippen molar-refractivity contribution < 1.29 is 14.7 Å². The number of ketones is 1. The summed E-state index contributed by atoms with van der Waals surface area (Å²) < 4.78 is 0. The number of carboxylic acid groups (broad SMARTS) is 1. The lowest BCUT2D eigenvalue weighted by molar-refractivity contribution is -0.137. The van der Waals surface area contributed by atoms with Crippen molar-refractivity contribution in [3.63, 3.8) is 0 Å². The zero-order valence-electron chi connectivity index (χ0n) is 8.32. The normalized spacial score (nSPS) is 20.0. The van der Waals surface area contributed by atoms with Gasteiger partial charge in [-0.1, -0.05) is 0 Å². The lowest BCUT2D eigenvalue weighted by Crippen LogP contribution is -2.20. The van der Waals surface area contributed by atoms with Gasteiger partial charge in [0, 0.05) is 30.3 Å². The molecule has 1 aliphatic rings. The van der Waals surface area contributed by atoms with Crippen LogP contribution in [0.3, 0.4) is 0 Å². The number of nitrogens with one attached hydrogen (secondary N) is 1. The van der Waals surface area contributed by atoms with Gasteiger partial charge in [-0.05, 0) is 24.8 Å². The highest BCUT2D eigenvalue weighted by atomic mass is 16.4. The number of H-pyrrole nitrogens is 1. The summed E-state index contributed by atoms with van der Waals surface area (Å²) in [4.78, 5) is 25.1. The average molecular weight is 207 g/mol. The van der Waals surface area contributed by atoms with Gasteiger partial charge in [-0.2, -0.15) is 0 Å². The molecule has 0 aliphatic heterocycles. The third-order valence-electron chi connectivity index (χ3n) is 2.87. The lowest BCUT2D eigenvalue weighted by Gasteiger charge is -2.20. The topological polar surface area (TPSA) is 70.2 Å².